The van der Waals surface area contributed by atoms with E-state index in [1.54, 1.807) is 6.07 Å². The summed E-state index contributed by atoms with van der Waals surface area (Å²) in [5.41, 5.74) is 3.10. The van der Waals surface area contributed by atoms with Gasteiger partial charge in [-0.2, -0.15) is 0 Å². The first kappa shape index (κ1) is 14.4. The zero-order valence-corrected chi connectivity index (χ0v) is 12.9. The Bertz CT molecular complexity index is 719. The molecule has 3 rings (SSSR count). The van der Waals surface area contributed by atoms with Gasteiger partial charge in [-0.05, 0) is 42.8 Å². The number of hydrogen-bond acceptors (Lipinski definition) is 2. The zero-order chi connectivity index (χ0) is 14.7. The third kappa shape index (κ3) is 3.56. The summed E-state index contributed by atoms with van der Waals surface area (Å²) in [6, 6.07) is 11.6. The van der Waals surface area contributed by atoms with E-state index in [-0.39, 0.29) is 0 Å². The fourth-order valence-corrected chi connectivity index (χ4v) is 2.74. The minimum atomic E-state index is 0.668. The molecule has 0 aliphatic carbocycles. The molecule has 2 aromatic heterocycles. The number of aromatic nitrogens is 2. The summed E-state index contributed by atoms with van der Waals surface area (Å²) in [5, 5.41) is 4.77. The zero-order valence-electron chi connectivity index (χ0n) is 11.4. The van der Waals surface area contributed by atoms with Crippen LogP contribution in [0, 0.1) is 0 Å². The van der Waals surface area contributed by atoms with E-state index in [9.17, 15) is 0 Å². The van der Waals surface area contributed by atoms with E-state index in [0.29, 0.717) is 5.02 Å². The van der Waals surface area contributed by atoms with Crippen LogP contribution in [-0.4, -0.2) is 15.9 Å². The molecule has 0 aliphatic heterocycles. The summed E-state index contributed by atoms with van der Waals surface area (Å²) in [4.78, 5) is 4.54. The minimum Gasteiger partial charge on any atom is -0.311 e. The molecule has 108 valence electrons. The van der Waals surface area contributed by atoms with Crippen molar-refractivity contribution in [2.75, 3.05) is 6.54 Å². The molecule has 0 spiro atoms. The molecule has 21 heavy (non-hydrogen) atoms. The summed E-state index contributed by atoms with van der Waals surface area (Å²) < 4.78 is 2.02. The number of rotatable bonds is 5. The lowest BCUT2D eigenvalue weighted by atomic mass is 10.1. The van der Waals surface area contributed by atoms with Crippen LogP contribution >= 0.6 is 23.2 Å². The van der Waals surface area contributed by atoms with Crippen LogP contribution in [0.15, 0.2) is 48.8 Å². The molecule has 0 atom stereocenters. The molecule has 0 saturated carbocycles. The Morgan fingerprint density at radius 1 is 1.14 bits per heavy atom. The van der Waals surface area contributed by atoms with Gasteiger partial charge in [0.2, 0.25) is 0 Å². The van der Waals surface area contributed by atoms with Crippen LogP contribution in [0.5, 0.6) is 0 Å². The smallest absolute Gasteiger partial charge is 0.137 e. The Hall–Kier alpha value is -1.55. The van der Waals surface area contributed by atoms with Crippen molar-refractivity contribution in [2.45, 2.75) is 13.0 Å². The van der Waals surface area contributed by atoms with Crippen molar-refractivity contribution in [1.29, 1.82) is 0 Å². The van der Waals surface area contributed by atoms with Gasteiger partial charge in [0.05, 0.1) is 5.69 Å². The van der Waals surface area contributed by atoms with E-state index in [4.69, 9.17) is 23.2 Å². The van der Waals surface area contributed by atoms with Crippen LogP contribution in [-0.2, 0) is 13.0 Å². The predicted molar refractivity (Wildman–Crippen MR) is 87.1 cm³/mol. The summed E-state index contributed by atoms with van der Waals surface area (Å²) in [6.45, 7) is 1.59. The number of fused-ring (bicyclic) bond motifs is 1. The van der Waals surface area contributed by atoms with Crippen molar-refractivity contribution in [1.82, 2.24) is 14.7 Å². The van der Waals surface area contributed by atoms with E-state index in [2.05, 4.69) is 10.3 Å². The molecule has 5 heteroatoms. The Balaban J connectivity index is 1.54. The van der Waals surface area contributed by atoms with E-state index >= 15 is 0 Å². The van der Waals surface area contributed by atoms with E-state index < -0.39 is 0 Å². The Kier molecular flexibility index (Phi) is 4.44. The maximum atomic E-state index is 6.15. The second-order valence-electron chi connectivity index (χ2n) is 4.86. The molecule has 0 fully saturated rings. The molecular weight excluding hydrogens is 305 g/mol. The molecule has 1 N–H and O–H groups in total. The first-order valence-electron chi connectivity index (χ1n) is 6.79. The standard InChI is InChI=1S/C16H15Cl2N3/c17-13-5-4-12(15(18)9-13)6-7-19-10-14-11-21-8-2-1-3-16(21)20-14/h1-5,8-9,11,19H,6-7,10H2. The van der Waals surface area contributed by atoms with Crippen LogP contribution < -0.4 is 5.32 Å². The predicted octanol–water partition coefficient (Wildman–Crippen LogP) is 3.97. The highest BCUT2D eigenvalue weighted by molar-refractivity contribution is 6.35. The van der Waals surface area contributed by atoms with Gasteiger partial charge < -0.3 is 9.72 Å². The van der Waals surface area contributed by atoms with Crippen molar-refractivity contribution in [3.05, 3.63) is 70.1 Å². The summed E-state index contributed by atoms with van der Waals surface area (Å²) in [5.74, 6) is 0. The average Bonchev–Trinajstić information content (AvgIpc) is 2.88. The number of nitrogens with one attached hydrogen (secondary N) is 1. The van der Waals surface area contributed by atoms with Gasteiger partial charge in [-0.25, -0.2) is 4.98 Å². The van der Waals surface area contributed by atoms with Crippen LogP contribution in [0.3, 0.4) is 0 Å². The summed E-state index contributed by atoms with van der Waals surface area (Å²) in [6.07, 6.45) is 4.90. The van der Waals surface area contributed by atoms with Gasteiger partial charge in [0, 0.05) is 29.0 Å². The van der Waals surface area contributed by atoms with Gasteiger partial charge in [-0.3, -0.25) is 0 Å². The van der Waals surface area contributed by atoms with Gasteiger partial charge in [-0.15, -0.1) is 0 Å². The molecule has 3 nitrogen and oxygen atoms in total. The number of benzene rings is 1. The van der Waals surface area contributed by atoms with Gasteiger partial charge >= 0.3 is 0 Å². The second kappa shape index (κ2) is 6.48. The molecule has 0 aliphatic rings. The van der Waals surface area contributed by atoms with E-state index in [1.807, 2.05) is 47.1 Å². The van der Waals surface area contributed by atoms with Crippen LogP contribution in [0.25, 0.3) is 5.65 Å². The van der Waals surface area contributed by atoms with Crippen LogP contribution in [0.4, 0.5) is 0 Å². The molecule has 0 unspecified atom stereocenters. The number of nitrogens with zero attached hydrogens (tertiary/aromatic N) is 2. The lowest BCUT2D eigenvalue weighted by Crippen LogP contribution is -2.17. The van der Waals surface area contributed by atoms with Crippen molar-refractivity contribution < 1.29 is 0 Å². The molecule has 0 bridgehead atoms. The van der Waals surface area contributed by atoms with Crippen molar-refractivity contribution in [3.8, 4) is 0 Å². The molecule has 0 radical (unpaired) electrons. The number of pyridine rings is 1. The Morgan fingerprint density at radius 3 is 2.86 bits per heavy atom. The number of imidazole rings is 1. The van der Waals surface area contributed by atoms with Crippen molar-refractivity contribution in [2.24, 2.45) is 0 Å². The second-order valence-corrected chi connectivity index (χ2v) is 5.70. The maximum absolute atomic E-state index is 6.15. The van der Waals surface area contributed by atoms with Gasteiger partial charge in [0.25, 0.3) is 0 Å². The SMILES string of the molecule is Clc1ccc(CCNCc2cn3ccccc3n2)c(Cl)c1. The van der Waals surface area contributed by atoms with Gasteiger partial charge in [0.15, 0.2) is 0 Å². The maximum Gasteiger partial charge on any atom is 0.137 e. The highest BCUT2D eigenvalue weighted by atomic mass is 35.5. The average molecular weight is 320 g/mol. The lowest BCUT2D eigenvalue weighted by molar-refractivity contribution is 0.677. The fourth-order valence-electron chi connectivity index (χ4n) is 2.24. The number of halogens is 2. The molecule has 0 amide bonds. The van der Waals surface area contributed by atoms with Crippen LogP contribution in [0.1, 0.15) is 11.3 Å². The highest BCUT2D eigenvalue weighted by Crippen LogP contribution is 2.21. The first-order chi connectivity index (χ1) is 10.2. The monoisotopic (exact) mass is 319 g/mol. The van der Waals surface area contributed by atoms with E-state index in [0.717, 1.165) is 41.4 Å². The number of hydrogen-bond donors (Lipinski definition) is 1. The molecular formula is C16H15Cl2N3. The Labute approximate surface area is 133 Å². The minimum absolute atomic E-state index is 0.668. The van der Waals surface area contributed by atoms with Crippen LogP contribution in [0.2, 0.25) is 10.0 Å². The van der Waals surface area contributed by atoms with Crippen molar-refractivity contribution in [3.63, 3.8) is 0 Å². The Morgan fingerprint density at radius 2 is 2.05 bits per heavy atom. The topological polar surface area (TPSA) is 29.3 Å². The molecule has 3 aromatic rings. The van der Waals surface area contributed by atoms with Crippen molar-refractivity contribution >= 4 is 28.8 Å². The molecule has 0 saturated heterocycles. The third-order valence-electron chi connectivity index (χ3n) is 3.31. The quantitative estimate of drug-likeness (QED) is 0.721. The highest BCUT2D eigenvalue weighted by Gasteiger charge is 2.03. The normalized spacial score (nSPS) is 11.1. The summed E-state index contributed by atoms with van der Waals surface area (Å²) >= 11 is 12.0. The van der Waals surface area contributed by atoms with Gasteiger partial charge in [-0.1, -0.05) is 35.3 Å². The molecule has 2 heterocycles. The first-order valence-corrected chi connectivity index (χ1v) is 7.55. The third-order valence-corrected chi connectivity index (χ3v) is 3.89. The van der Waals surface area contributed by atoms with Gasteiger partial charge in [0.1, 0.15) is 5.65 Å². The molecule has 1 aromatic carbocycles. The summed E-state index contributed by atoms with van der Waals surface area (Å²) in [7, 11) is 0. The lowest BCUT2D eigenvalue weighted by Gasteiger charge is -2.05. The largest absolute Gasteiger partial charge is 0.311 e. The fraction of sp³-hybridized carbons (Fsp3) is 0.188. The van der Waals surface area contributed by atoms with E-state index in [1.165, 1.54) is 0 Å².